The van der Waals surface area contributed by atoms with Crippen molar-refractivity contribution in [1.29, 1.82) is 0 Å². The van der Waals surface area contributed by atoms with Crippen molar-refractivity contribution in [3.05, 3.63) is 59.0 Å². The third-order valence-corrected chi connectivity index (χ3v) is 8.52. The Morgan fingerprint density at radius 1 is 1.12 bits per heavy atom. The van der Waals surface area contributed by atoms with Crippen molar-refractivity contribution in [2.75, 3.05) is 6.54 Å². The van der Waals surface area contributed by atoms with E-state index in [1.807, 2.05) is 37.8 Å². The van der Waals surface area contributed by atoms with Gasteiger partial charge in [-0.25, -0.2) is 9.78 Å². The van der Waals surface area contributed by atoms with Gasteiger partial charge in [0.25, 0.3) is 5.91 Å². The molecular formula is C32H43ClN4O3S. The van der Waals surface area contributed by atoms with Crippen LogP contribution < -0.4 is 4.72 Å². The monoisotopic (exact) mass is 598 g/mol. The average Bonchev–Trinajstić information content (AvgIpc) is 3.40. The van der Waals surface area contributed by atoms with E-state index in [9.17, 15) is 9.59 Å². The summed E-state index contributed by atoms with van der Waals surface area (Å²) in [7, 11) is 0. The Morgan fingerprint density at radius 2 is 1.85 bits per heavy atom. The molecule has 0 radical (unpaired) electrons. The van der Waals surface area contributed by atoms with Gasteiger partial charge in [0.05, 0.1) is 5.56 Å². The highest BCUT2D eigenvalue weighted by atomic mass is 35.5. The minimum Gasteiger partial charge on any atom is -0.444 e. The van der Waals surface area contributed by atoms with E-state index in [4.69, 9.17) is 16.3 Å². The molecule has 4 rings (SSSR count). The maximum Gasteiger partial charge on any atom is 0.410 e. The number of nitrogens with zero attached hydrogens (tertiary/aromatic N) is 3. The van der Waals surface area contributed by atoms with Gasteiger partial charge in [-0.2, -0.15) is 0 Å². The van der Waals surface area contributed by atoms with Crippen LogP contribution in [-0.2, 0) is 16.7 Å². The Labute approximate surface area is 253 Å². The normalized spacial score (nSPS) is 17.2. The number of pyridine rings is 1. The zero-order valence-electron chi connectivity index (χ0n) is 25.5. The molecule has 7 nitrogen and oxygen atoms in total. The summed E-state index contributed by atoms with van der Waals surface area (Å²) in [5.74, 6) is 0.169. The Balaban J connectivity index is 1.34. The fourth-order valence-electron chi connectivity index (χ4n) is 5.37. The average molecular weight is 599 g/mol. The summed E-state index contributed by atoms with van der Waals surface area (Å²) in [6.07, 6.45) is 4.91. The highest BCUT2D eigenvalue weighted by Crippen LogP contribution is 2.36. The van der Waals surface area contributed by atoms with Gasteiger partial charge in [0, 0.05) is 46.3 Å². The highest BCUT2D eigenvalue weighted by Gasteiger charge is 2.42. The van der Waals surface area contributed by atoms with E-state index in [0.29, 0.717) is 11.5 Å². The lowest BCUT2D eigenvalue weighted by molar-refractivity contribution is 0.0130. The zero-order chi connectivity index (χ0) is 30.2. The second-order valence-corrected chi connectivity index (χ2v) is 14.9. The second kappa shape index (κ2) is 11.9. The van der Waals surface area contributed by atoms with Crippen LogP contribution in [0.5, 0.6) is 0 Å². The summed E-state index contributed by atoms with van der Waals surface area (Å²) in [5.41, 5.74) is 1.47. The number of likely N-dealkylation sites (tertiary alicyclic amines) is 1. The van der Waals surface area contributed by atoms with Gasteiger partial charge in [0.1, 0.15) is 10.8 Å². The Morgan fingerprint density at radius 3 is 2.51 bits per heavy atom. The van der Waals surface area contributed by atoms with Crippen LogP contribution >= 0.6 is 23.5 Å². The topological polar surface area (TPSA) is 76.5 Å². The Hall–Kier alpha value is -2.71. The summed E-state index contributed by atoms with van der Waals surface area (Å²) in [4.78, 5) is 32.9. The molecule has 1 aliphatic heterocycles. The van der Waals surface area contributed by atoms with E-state index < -0.39 is 5.60 Å². The number of aryl methyl sites for hydroxylation is 1. The van der Waals surface area contributed by atoms with Crippen molar-refractivity contribution in [2.45, 2.75) is 103 Å². The van der Waals surface area contributed by atoms with Gasteiger partial charge in [-0.05, 0) is 107 Å². The molecule has 1 fully saturated rings. The number of carbonyl (C=O) groups is 2. The molecule has 1 atom stereocenters. The van der Waals surface area contributed by atoms with Gasteiger partial charge in [-0.1, -0.05) is 38.4 Å². The third-order valence-electron chi connectivity index (χ3n) is 7.45. The Kier molecular flexibility index (Phi) is 9.05. The fraction of sp³-hybridized carbons (Fsp3) is 0.531. The zero-order valence-corrected chi connectivity index (χ0v) is 27.1. The number of rotatable bonds is 7. The summed E-state index contributed by atoms with van der Waals surface area (Å²) in [6.45, 7) is 17.8. The molecule has 2 amide bonds. The third kappa shape index (κ3) is 7.77. The molecule has 9 heteroatoms. The number of fused-ring (bicyclic) bond motifs is 1. The SMILES string of the molecule is CC(C)(C)OC(=O)N1CC(CCCn2ccc3ccc(SNC(=O)c4ccc(C(C)(C)C)nc4Cl)cc32)CC1(C)C. The molecule has 2 aromatic heterocycles. The minimum absolute atomic E-state index is 0.147. The van der Waals surface area contributed by atoms with Crippen molar-refractivity contribution in [3.8, 4) is 0 Å². The number of hydrogen-bond donors (Lipinski definition) is 1. The van der Waals surface area contributed by atoms with Gasteiger partial charge < -0.3 is 14.2 Å². The minimum atomic E-state index is -0.497. The van der Waals surface area contributed by atoms with Crippen molar-refractivity contribution < 1.29 is 14.3 Å². The van der Waals surface area contributed by atoms with E-state index in [0.717, 1.165) is 53.8 Å². The van der Waals surface area contributed by atoms with Gasteiger partial charge in [-0.15, -0.1) is 0 Å². The number of amides is 2. The Bertz CT molecular complexity index is 1420. The predicted molar refractivity (Wildman–Crippen MR) is 168 cm³/mol. The van der Waals surface area contributed by atoms with Gasteiger partial charge in [-0.3, -0.25) is 9.52 Å². The molecule has 41 heavy (non-hydrogen) atoms. The van der Waals surface area contributed by atoms with Gasteiger partial charge >= 0.3 is 6.09 Å². The van der Waals surface area contributed by atoms with E-state index in [1.54, 1.807) is 6.07 Å². The largest absolute Gasteiger partial charge is 0.444 e. The molecule has 0 saturated carbocycles. The first-order valence-electron chi connectivity index (χ1n) is 14.3. The predicted octanol–water partition coefficient (Wildman–Crippen LogP) is 8.24. The van der Waals surface area contributed by atoms with E-state index in [1.165, 1.54) is 11.9 Å². The molecule has 1 aliphatic rings. The number of hydrogen-bond acceptors (Lipinski definition) is 5. The van der Waals surface area contributed by atoms with Crippen LogP contribution in [0.15, 0.2) is 47.5 Å². The van der Waals surface area contributed by atoms with Crippen LogP contribution in [0.1, 0.15) is 90.7 Å². The lowest BCUT2D eigenvalue weighted by atomic mass is 9.91. The summed E-state index contributed by atoms with van der Waals surface area (Å²) < 4.78 is 10.8. The fourth-order valence-corrected chi connectivity index (χ4v) is 6.24. The number of halogens is 1. The first-order chi connectivity index (χ1) is 19.0. The molecule has 1 saturated heterocycles. The molecule has 1 unspecified atom stereocenters. The summed E-state index contributed by atoms with van der Waals surface area (Å²) >= 11 is 7.62. The lowest BCUT2D eigenvalue weighted by Gasteiger charge is -2.33. The highest BCUT2D eigenvalue weighted by molar-refractivity contribution is 7.98. The smallest absolute Gasteiger partial charge is 0.410 e. The first kappa shape index (κ1) is 31.2. The van der Waals surface area contributed by atoms with Crippen LogP contribution in [0, 0.1) is 5.92 Å². The molecule has 3 aromatic rings. The number of nitrogens with one attached hydrogen (secondary N) is 1. The van der Waals surface area contributed by atoms with Crippen LogP contribution in [0.3, 0.4) is 0 Å². The number of carbonyl (C=O) groups excluding carboxylic acids is 2. The number of aromatic nitrogens is 2. The van der Waals surface area contributed by atoms with Gasteiger partial charge in [0.2, 0.25) is 0 Å². The standard InChI is InChI=1S/C32H43ClN4O3S/c1-30(2,3)26-14-13-24(27(33)34-26)28(38)35-41-23-12-11-22-15-17-36(25(22)18-23)16-9-10-21-19-32(7,8)37(20-21)29(39)40-31(4,5)6/h11-15,17-18,21H,9-10,16,19-20H2,1-8H3,(H,35,38). The van der Waals surface area contributed by atoms with Crippen molar-refractivity contribution in [2.24, 2.45) is 5.92 Å². The molecule has 3 heterocycles. The molecule has 1 aromatic carbocycles. The van der Waals surface area contributed by atoms with Gasteiger partial charge in [0.15, 0.2) is 0 Å². The van der Waals surface area contributed by atoms with E-state index in [2.05, 4.69) is 73.3 Å². The first-order valence-corrected chi connectivity index (χ1v) is 15.5. The lowest BCUT2D eigenvalue weighted by Crippen LogP contribution is -2.45. The molecule has 222 valence electrons. The van der Waals surface area contributed by atoms with Crippen molar-refractivity contribution in [3.63, 3.8) is 0 Å². The summed E-state index contributed by atoms with van der Waals surface area (Å²) in [6, 6.07) is 11.9. The van der Waals surface area contributed by atoms with Crippen molar-refractivity contribution in [1.82, 2.24) is 19.2 Å². The quantitative estimate of drug-likeness (QED) is 0.219. The maximum atomic E-state index is 12.8. The molecule has 0 aliphatic carbocycles. The number of ether oxygens (including phenoxy) is 1. The van der Waals surface area contributed by atoms with E-state index >= 15 is 0 Å². The molecular weight excluding hydrogens is 556 g/mol. The summed E-state index contributed by atoms with van der Waals surface area (Å²) in [5, 5.41) is 1.36. The van der Waals surface area contributed by atoms with E-state index in [-0.39, 0.29) is 28.1 Å². The molecule has 0 bridgehead atoms. The molecule has 1 N–H and O–H groups in total. The van der Waals surface area contributed by atoms with Crippen molar-refractivity contribution >= 4 is 46.5 Å². The second-order valence-electron chi connectivity index (χ2n) is 13.7. The number of benzene rings is 1. The van der Waals surface area contributed by atoms with Crippen LogP contribution in [0.25, 0.3) is 10.9 Å². The maximum absolute atomic E-state index is 12.8. The van der Waals surface area contributed by atoms with Crippen LogP contribution in [0.2, 0.25) is 5.15 Å². The van der Waals surface area contributed by atoms with Crippen LogP contribution in [-0.4, -0.2) is 44.1 Å². The van der Waals surface area contributed by atoms with Crippen LogP contribution in [0.4, 0.5) is 4.79 Å². The molecule has 0 spiro atoms.